The number of phenolic OH excluding ortho intramolecular Hbond substituents is 1. The summed E-state index contributed by atoms with van der Waals surface area (Å²) < 4.78 is 0. The second-order valence-electron chi connectivity index (χ2n) is 6.77. The lowest BCUT2D eigenvalue weighted by molar-refractivity contribution is -0.128. The third-order valence-corrected chi connectivity index (χ3v) is 5.53. The molecule has 1 aliphatic rings. The third kappa shape index (κ3) is 5.42. The van der Waals surface area contributed by atoms with E-state index in [1.165, 1.54) is 11.8 Å². The van der Waals surface area contributed by atoms with Crippen LogP contribution >= 0.6 is 11.8 Å². The molecule has 1 heterocycles. The molecule has 7 heteroatoms. The van der Waals surface area contributed by atoms with Crippen LogP contribution in [0, 0.1) is 6.92 Å². The summed E-state index contributed by atoms with van der Waals surface area (Å²) >= 11 is 1.33. The van der Waals surface area contributed by atoms with E-state index in [2.05, 4.69) is 10.2 Å². The largest absolute Gasteiger partial charge is 0.506 e. The van der Waals surface area contributed by atoms with Gasteiger partial charge in [0.25, 0.3) is 0 Å². The first-order valence-corrected chi connectivity index (χ1v) is 10.4. The minimum Gasteiger partial charge on any atom is -0.506 e. The number of benzene rings is 2. The number of para-hydroxylation sites is 2. The molecule has 2 aromatic rings. The average molecular weight is 400 g/mol. The lowest BCUT2D eigenvalue weighted by Gasteiger charge is -2.36. The molecule has 0 atom stereocenters. The van der Waals surface area contributed by atoms with Gasteiger partial charge in [-0.15, -0.1) is 11.8 Å². The molecule has 1 aliphatic heterocycles. The van der Waals surface area contributed by atoms with E-state index >= 15 is 0 Å². The van der Waals surface area contributed by atoms with E-state index in [-0.39, 0.29) is 29.1 Å². The molecule has 0 aromatic heterocycles. The standard InChI is InChI=1S/C21H25N3O3S/c1-16-5-4-6-17(13-16)22-20(26)14-28-15-21(27)24-11-9-23(10-12-24)18-7-2-3-8-19(18)25/h2-8,13,25H,9-12,14-15H2,1H3,(H,22,26). The number of aromatic hydroxyl groups is 1. The topological polar surface area (TPSA) is 72.9 Å². The quantitative estimate of drug-likeness (QED) is 0.781. The number of phenols is 1. The van der Waals surface area contributed by atoms with E-state index in [1.54, 1.807) is 12.1 Å². The first-order valence-electron chi connectivity index (χ1n) is 9.28. The fourth-order valence-corrected chi connectivity index (χ4v) is 3.89. The highest BCUT2D eigenvalue weighted by molar-refractivity contribution is 8.00. The molecule has 0 radical (unpaired) electrons. The summed E-state index contributed by atoms with van der Waals surface area (Å²) in [6.07, 6.45) is 0. The van der Waals surface area contributed by atoms with E-state index in [1.807, 2.05) is 48.2 Å². The summed E-state index contributed by atoms with van der Waals surface area (Å²) in [5, 5.41) is 12.8. The van der Waals surface area contributed by atoms with Crippen molar-refractivity contribution in [2.45, 2.75) is 6.92 Å². The van der Waals surface area contributed by atoms with Crippen LogP contribution in [-0.4, -0.2) is 59.5 Å². The van der Waals surface area contributed by atoms with E-state index in [4.69, 9.17) is 0 Å². The lowest BCUT2D eigenvalue weighted by atomic mass is 10.2. The third-order valence-electron chi connectivity index (χ3n) is 4.62. The predicted octanol–water partition coefficient (Wildman–Crippen LogP) is 2.72. The zero-order valence-electron chi connectivity index (χ0n) is 15.9. The number of nitrogens with zero attached hydrogens (tertiary/aromatic N) is 2. The van der Waals surface area contributed by atoms with E-state index < -0.39 is 0 Å². The molecule has 2 N–H and O–H groups in total. The van der Waals surface area contributed by atoms with Gasteiger partial charge in [0.2, 0.25) is 11.8 Å². The molecule has 0 bridgehead atoms. The summed E-state index contributed by atoms with van der Waals surface area (Å²) in [7, 11) is 0. The van der Waals surface area contributed by atoms with Crippen molar-refractivity contribution in [2.75, 3.05) is 47.9 Å². The molecule has 1 fully saturated rings. The molecular formula is C21H25N3O3S. The number of thioether (sulfide) groups is 1. The number of hydrogen-bond acceptors (Lipinski definition) is 5. The van der Waals surface area contributed by atoms with E-state index in [0.717, 1.165) is 16.9 Å². The SMILES string of the molecule is Cc1cccc(NC(=O)CSCC(=O)N2CCN(c3ccccc3O)CC2)c1. The number of carbonyl (C=O) groups is 2. The van der Waals surface area contributed by atoms with Crippen LogP contribution in [0.4, 0.5) is 11.4 Å². The van der Waals surface area contributed by atoms with Gasteiger partial charge in [0.05, 0.1) is 17.2 Å². The first-order chi connectivity index (χ1) is 13.5. The van der Waals surface area contributed by atoms with Crippen molar-refractivity contribution in [2.24, 2.45) is 0 Å². The van der Waals surface area contributed by atoms with Gasteiger partial charge >= 0.3 is 0 Å². The molecule has 0 spiro atoms. The highest BCUT2D eigenvalue weighted by atomic mass is 32.2. The molecule has 3 rings (SSSR count). The average Bonchev–Trinajstić information content (AvgIpc) is 2.68. The van der Waals surface area contributed by atoms with Crippen molar-refractivity contribution in [1.82, 2.24) is 4.90 Å². The van der Waals surface area contributed by atoms with Crippen LogP contribution in [0.15, 0.2) is 48.5 Å². The Morgan fingerprint density at radius 3 is 2.50 bits per heavy atom. The number of nitrogens with one attached hydrogen (secondary N) is 1. The van der Waals surface area contributed by atoms with Crippen molar-refractivity contribution in [1.29, 1.82) is 0 Å². The summed E-state index contributed by atoms with van der Waals surface area (Å²) in [5.74, 6) is 0.741. The minimum absolute atomic E-state index is 0.0466. The summed E-state index contributed by atoms with van der Waals surface area (Å²) in [5.41, 5.74) is 2.66. The van der Waals surface area contributed by atoms with E-state index in [9.17, 15) is 14.7 Å². The van der Waals surface area contributed by atoms with Gasteiger partial charge in [-0.05, 0) is 36.8 Å². The number of carbonyl (C=O) groups excluding carboxylic acids is 2. The number of rotatable bonds is 6. The lowest BCUT2D eigenvalue weighted by Crippen LogP contribution is -2.49. The Hall–Kier alpha value is -2.67. The number of amides is 2. The fourth-order valence-electron chi connectivity index (χ4n) is 3.17. The van der Waals surface area contributed by atoms with Crippen LogP contribution < -0.4 is 10.2 Å². The van der Waals surface area contributed by atoms with Gasteiger partial charge in [-0.25, -0.2) is 0 Å². The molecule has 2 amide bonds. The Balaban J connectivity index is 1.39. The maximum absolute atomic E-state index is 12.4. The van der Waals surface area contributed by atoms with Gasteiger partial charge in [-0.1, -0.05) is 24.3 Å². The molecular weight excluding hydrogens is 374 g/mol. The van der Waals surface area contributed by atoms with Gasteiger partial charge in [0.1, 0.15) is 5.75 Å². The Morgan fingerprint density at radius 2 is 1.79 bits per heavy atom. The maximum atomic E-state index is 12.4. The summed E-state index contributed by atoms with van der Waals surface area (Å²) in [4.78, 5) is 28.3. The number of anilines is 2. The van der Waals surface area contributed by atoms with Crippen LogP contribution in [0.3, 0.4) is 0 Å². The van der Waals surface area contributed by atoms with Crippen molar-refractivity contribution in [3.8, 4) is 5.75 Å². The van der Waals surface area contributed by atoms with Crippen molar-refractivity contribution < 1.29 is 14.7 Å². The second kappa shape index (κ2) is 9.50. The van der Waals surface area contributed by atoms with Crippen LogP contribution in [-0.2, 0) is 9.59 Å². The highest BCUT2D eigenvalue weighted by Gasteiger charge is 2.22. The highest BCUT2D eigenvalue weighted by Crippen LogP contribution is 2.27. The number of hydrogen-bond donors (Lipinski definition) is 2. The predicted molar refractivity (Wildman–Crippen MR) is 114 cm³/mol. The van der Waals surface area contributed by atoms with Crippen molar-refractivity contribution >= 4 is 35.0 Å². The molecule has 0 saturated carbocycles. The Morgan fingerprint density at radius 1 is 1.04 bits per heavy atom. The molecule has 2 aromatic carbocycles. The Bertz CT molecular complexity index is 835. The van der Waals surface area contributed by atoms with Crippen molar-refractivity contribution in [3.05, 3.63) is 54.1 Å². The monoisotopic (exact) mass is 399 g/mol. The maximum Gasteiger partial charge on any atom is 0.234 e. The van der Waals surface area contributed by atoms with Crippen molar-refractivity contribution in [3.63, 3.8) is 0 Å². The molecule has 0 unspecified atom stereocenters. The molecule has 28 heavy (non-hydrogen) atoms. The normalized spacial score (nSPS) is 14.0. The van der Waals surface area contributed by atoms with Crippen LogP contribution in [0.5, 0.6) is 5.75 Å². The van der Waals surface area contributed by atoms with Gasteiger partial charge in [-0.3, -0.25) is 9.59 Å². The van der Waals surface area contributed by atoms with Gasteiger partial charge in [-0.2, -0.15) is 0 Å². The molecule has 6 nitrogen and oxygen atoms in total. The summed E-state index contributed by atoms with van der Waals surface area (Å²) in [6, 6.07) is 14.9. The van der Waals surface area contributed by atoms with Crippen LogP contribution in [0.25, 0.3) is 0 Å². The Kier molecular flexibility index (Phi) is 6.81. The second-order valence-corrected chi connectivity index (χ2v) is 7.75. The number of aryl methyl sites for hydroxylation is 1. The zero-order chi connectivity index (χ0) is 19.9. The fraction of sp³-hybridized carbons (Fsp3) is 0.333. The molecule has 1 saturated heterocycles. The van der Waals surface area contributed by atoms with Gasteiger partial charge in [0, 0.05) is 31.9 Å². The smallest absolute Gasteiger partial charge is 0.234 e. The zero-order valence-corrected chi connectivity index (χ0v) is 16.7. The minimum atomic E-state index is -0.104. The summed E-state index contributed by atoms with van der Waals surface area (Å²) in [6.45, 7) is 4.57. The van der Waals surface area contributed by atoms with E-state index in [0.29, 0.717) is 26.2 Å². The van der Waals surface area contributed by atoms with Crippen LogP contribution in [0.1, 0.15) is 5.56 Å². The number of piperazine rings is 1. The molecule has 148 valence electrons. The van der Waals surface area contributed by atoms with Gasteiger partial charge < -0.3 is 20.2 Å². The van der Waals surface area contributed by atoms with Crippen LogP contribution in [0.2, 0.25) is 0 Å². The Labute approximate surface area is 169 Å². The first kappa shape index (κ1) is 20.1. The molecule has 0 aliphatic carbocycles. The van der Waals surface area contributed by atoms with Gasteiger partial charge in [0.15, 0.2) is 0 Å².